The molecule has 2 fully saturated rings. The normalized spacial score (nSPS) is 22.6. The largest absolute Gasteiger partial charge is 0.351 e. The molecule has 0 unspecified atom stereocenters. The highest BCUT2D eigenvalue weighted by molar-refractivity contribution is 5.79. The van der Waals surface area contributed by atoms with Gasteiger partial charge in [-0.25, -0.2) is 0 Å². The van der Waals surface area contributed by atoms with Crippen LogP contribution in [0, 0.1) is 5.92 Å². The van der Waals surface area contributed by atoms with Crippen molar-refractivity contribution in [2.24, 2.45) is 5.92 Å². The van der Waals surface area contributed by atoms with Gasteiger partial charge in [0.25, 0.3) is 0 Å². The van der Waals surface area contributed by atoms with Crippen LogP contribution in [0.3, 0.4) is 0 Å². The van der Waals surface area contributed by atoms with Gasteiger partial charge in [0.1, 0.15) is 0 Å². The molecule has 0 radical (unpaired) electrons. The fourth-order valence-electron chi connectivity index (χ4n) is 3.41. The molecule has 1 aliphatic carbocycles. The molecule has 0 spiro atoms. The number of rotatable bonds is 2. The van der Waals surface area contributed by atoms with Crippen molar-refractivity contribution >= 4 is 5.91 Å². The van der Waals surface area contributed by atoms with Gasteiger partial charge in [0.05, 0.1) is 0 Å². The van der Waals surface area contributed by atoms with Gasteiger partial charge in [0.2, 0.25) is 5.91 Å². The topological polar surface area (TPSA) is 25.2 Å². The molecule has 1 saturated heterocycles. The fraction of sp³-hybridized carbons (Fsp3) is 0.667. The van der Waals surface area contributed by atoms with Crippen molar-refractivity contribution in [2.75, 3.05) is 13.1 Å². The van der Waals surface area contributed by atoms with Crippen molar-refractivity contribution in [1.82, 2.24) is 9.47 Å². The Hall–Kier alpha value is -1.25. The molecule has 3 nitrogen and oxygen atoms in total. The number of aromatic nitrogens is 1. The second kappa shape index (κ2) is 5.17. The lowest BCUT2D eigenvalue weighted by Crippen LogP contribution is -2.41. The highest BCUT2D eigenvalue weighted by Gasteiger charge is 2.30. The van der Waals surface area contributed by atoms with Crippen molar-refractivity contribution in [3.05, 3.63) is 24.5 Å². The minimum Gasteiger partial charge on any atom is -0.351 e. The summed E-state index contributed by atoms with van der Waals surface area (Å²) in [6, 6.07) is 4.75. The van der Waals surface area contributed by atoms with E-state index >= 15 is 0 Å². The van der Waals surface area contributed by atoms with Crippen molar-refractivity contribution in [2.45, 2.75) is 44.6 Å². The molecule has 3 rings (SSSR count). The fourth-order valence-corrected chi connectivity index (χ4v) is 3.41. The summed E-state index contributed by atoms with van der Waals surface area (Å²) in [4.78, 5) is 14.4. The van der Waals surface area contributed by atoms with E-state index in [4.69, 9.17) is 0 Å². The van der Waals surface area contributed by atoms with E-state index in [0.717, 1.165) is 38.8 Å². The summed E-state index contributed by atoms with van der Waals surface area (Å²) in [6.45, 7) is 1.89. The minimum atomic E-state index is 0.341. The second-order valence-corrected chi connectivity index (χ2v) is 5.67. The summed E-state index contributed by atoms with van der Waals surface area (Å²) in [7, 11) is 0. The molecule has 18 heavy (non-hydrogen) atoms. The van der Waals surface area contributed by atoms with Gasteiger partial charge in [-0.2, -0.15) is 0 Å². The van der Waals surface area contributed by atoms with Crippen LogP contribution >= 0.6 is 0 Å². The number of piperidine rings is 1. The van der Waals surface area contributed by atoms with Crippen LogP contribution in [-0.2, 0) is 4.79 Å². The second-order valence-electron chi connectivity index (χ2n) is 5.67. The van der Waals surface area contributed by atoms with Crippen LogP contribution in [0.25, 0.3) is 0 Å². The zero-order chi connectivity index (χ0) is 12.4. The van der Waals surface area contributed by atoms with E-state index in [9.17, 15) is 4.79 Å². The number of carbonyl (C=O) groups excluding carboxylic acids is 1. The Labute approximate surface area is 109 Å². The van der Waals surface area contributed by atoms with E-state index in [0.29, 0.717) is 17.9 Å². The minimum absolute atomic E-state index is 0.341. The van der Waals surface area contributed by atoms with Gasteiger partial charge in [-0.05, 0) is 37.8 Å². The third kappa shape index (κ3) is 2.31. The lowest BCUT2D eigenvalue weighted by Gasteiger charge is -2.34. The Morgan fingerprint density at radius 3 is 2.17 bits per heavy atom. The molecular formula is C15H22N2O. The molecule has 2 aliphatic rings. The Balaban J connectivity index is 1.55. The van der Waals surface area contributed by atoms with Crippen LogP contribution in [0.2, 0.25) is 0 Å². The highest BCUT2D eigenvalue weighted by atomic mass is 16.2. The smallest absolute Gasteiger partial charge is 0.225 e. The van der Waals surface area contributed by atoms with Crippen molar-refractivity contribution in [1.29, 1.82) is 0 Å². The summed E-state index contributed by atoms with van der Waals surface area (Å²) in [6.07, 6.45) is 11.2. The van der Waals surface area contributed by atoms with Crippen LogP contribution in [0.15, 0.2) is 24.5 Å². The van der Waals surface area contributed by atoms with Gasteiger partial charge in [0, 0.05) is 37.4 Å². The van der Waals surface area contributed by atoms with E-state index in [1.165, 1.54) is 12.8 Å². The molecule has 1 aliphatic heterocycles. The third-order valence-corrected chi connectivity index (χ3v) is 4.53. The van der Waals surface area contributed by atoms with Crippen LogP contribution in [0.5, 0.6) is 0 Å². The molecule has 3 heteroatoms. The van der Waals surface area contributed by atoms with Gasteiger partial charge in [-0.1, -0.05) is 12.8 Å². The van der Waals surface area contributed by atoms with E-state index in [1.54, 1.807) is 0 Å². The van der Waals surface area contributed by atoms with Crippen LogP contribution in [0.4, 0.5) is 0 Å². The van der Waals surface area contributed by atoms with Crippen molar-refractivity contribution in [3.63, 3.8) is 0 Å². The maximum absolute atomic E-state index is 12.3. The van der Waals surface area contributed by atoms with Crippen molar-refractivity contribution in [3.8, 4) is 0 Å². The van der Waals surface area contributed by atoms with Gasteiger partial charge < -0.3 is 9.47 Å². The van der Waals surface area contributed by atoms with Crippen LogP contribution in [-0.4, -0.2) is 28.5 Å². The first kappa shape index (κ1) is 11.8. The maximum atomic E-state index is 12.3. The average molecular weight is 246 g/mol. The molecule has 1 saturated carbocycles. The van der Waals surface area contributed by atoms with Crippen LogP contribution in [0.1, 0.15) is 44.6 Å². The number of nitrogens with zero attached hydrogens (tertiary/aromatic N) is 2. The van der Waals surface area contributed by atoms with E-state index in [2.05, 4.69) is 34.0 Å². The molecule has 98 valence electrons. The number of likely N-dealkylation sites (tertiary alicyclic amines) is 1. The first-order valence-corrected chi connectivity index (χ1v) is 7.26. The lowest BCUT2D eigenvalue weighted by atomic mass is 10.0. The lowest BCUT2D eigenvalue weighted by molar-refractivity contribution is -0.136. The number of hydrogen-bond acceptors (Lipinski definition) is 1. The molecule has 0 aromatic carbocycles. The number of carbonyl (C=O) groups is 1. The van der Waals surface area contributed by atoms with Gasteiger partial charge in [0.15, 0.2) is 0 Å². The van der Waals surface area contributed by atoms with Crippen molar-refractivity contribution < 1.29 is 4.79 Å². The summed E-state index contributed by atoms with van der Waals surface area (Å²) in [5, 5.41) is 0. The Morgan fingerprint density at radius 1 is 0.944 bits per heavy atom. The molecule has 1 amide bonds. The first-order chi connectivity index (χ1) is 8.84. The van der Waals surface area contributed by atoms with Gasteiger partial charge >= 0.3 is 0 Å². The number of hydrogen-bond donors (Lipinski definition) is 0. The predicted molar refractivity (Wildman–Crippen MR) is 71.2 cm³/mol. The molecule has 1 aromatic heterocycles. The predicted octanol–water partition coefficient (Wildman–Crippen LogP) is 2.84. The zero-order valence-electron chi connectivity index (χ0n) is 10.9. The van der Waals surface area contributed by atoms with E-state index in [1.807, 2.05) is 0 Å². The zero-order valence-corrected chi connectivity index (χ0v) is 10.9. The molecule has 0 bridgehead atoms. The Morgan fingerprint density at radius 2 is 1.56 bits per heavy atom. The first-order valence-electron chi connectivity index (χ1n) is 7.26. The standard InChI is InChI=1S/C15H22N2O/c18-15(13-5-1-2-6-13)17-11-7-14(8-12-17)16-9-3-4-10-16/h3-4,9-10,13-14H,1-2,5-8,11-12H2. The van der Waals surface area contributed by atoms with Gasteiger partial charge in [-0.3, -0.25) is 4.79 Å². The van der Waals surface area contributed by atoms with E-state index < -0.39 is 0 Å². The molecule has 0 N–H and O–H groups in total. The van der Waals surface area contributed by atoms with Gasteiger partial charge in [-0.15, -0.1) is 0 Å². The molecule has 2 heterocycles. The summed E-state index contributed by atoms with van der Waals surface area (Å²) in [5.41, 5.74) is 0. The summed E-state index contributed by atoms with van der Waals surface area (Å²) >= 11 is 0. The SMILES string of the molecule is O=C(C1CCCC1)N1CCC(n2cccc2)CC1. The highest BCUT2D eigenvalue weighted by Crippen LogP contribution is 2.29. The maximum Gasteiger partial charge on any atom is 0.225 e. The summed E-state index contributed by atoms with van der Waals surface area (Å²) in [5.74, 6) is 0.770. The monoisotopic (exact) mass is 246 g/mol. The van der Waals surface area contributed by atoms with Crippen LogP contribution < -0.4 is 0 Å². The molecule has 0 atom stereocenters. The average Bonchev–Trinajstić information content (AvgIpc) is 3.11. The molecular weight excluding hydrogens is 224 g/mol. The quantitative estimate of drug-likeness (QED) is 0.787. The van der Waals surface area contributed by atoms with E-state index in [-0.39, 0.29) is 0 Å². The number of amides is 1. The Bertz CT molecular complexity index is 385. The summed E-state index contributed by atoms with van der Waals surface area (Å²) < 4.78 is 2.29. The molecule has 1 aromatic rings. The third-order valence-electron chi connectivity index (χ3n) is 4.53. The Kier molecular flexibility index (Phi) is 3.39.